The van der Waals surface area contributed by atoms with Gasteiger partial charge in [-0.1, -0.05) is 47.5 Å². The zero-order valence-corrected chi connectivity index (χ0v) is 18.1. The van der Waals surface area contributed by atoms with Crippen LogP contribution in [0.2, 0.25) is 10.0 Å². The van der Waals surface area contributed by atoms with Gasteiger partial charge >= 0.3 is 0 Å². The molecule has 0 aliphatic carbocycles. The Bertz CT molecular complexity index is 1280. The molecule has 1 aromatic heterocycles. The highest BCUT2D eigenvalue weighted by Crippen LogP contribution is 2.21. The van der Waals surface area contributed by atoms with Crippen molar-refractivity contribution in [2.45, 2.75) is 6.54 Å². The van der Waals surface area contributed by atoms with E-state index in [1.165, 1.54) is 16.8 Å². The van der Waals surface area contributed by atoms with Gasteiger partial charge in [-0.15, -0.1) is 0 Å². The predicted octanol–water partition coefficient (Wildman–Crippen LogP) is 5.86. The molecule has 0 saturated heterocycles. The van der Waals surface area contributed by atoms with Gasteiger partial charge in [0.25, 0.3) is 5.91 Å². The average molecular weight is 468 g/mol. The maximum atomic E-state index is 14.0. The van der Waals surface area contributed by atoms with E-state index >= 15 is 0 Å². The Kier molecular flexibility index (Phi) is 6.35. The quantitative estimate of drug-likeness (QED) is 0.361. The molecule has 1 heterocycles. The number of halogens is 3. The minimum atomic E-state index is -0.489. The normalized spacial score (nSPS) is 10.7. The highest BCUT2D eigenvalue weighted by molar-refractivity contribution is 6.31. The molecule has 4 aromatic rings. The molecule has 0 saturated carbocycles. The van der Waals surface area contributed by atoms with Gasteiger partial charge < -0.3 is 5.32 Å². The topological polar surface area (TPSA) is 64.0 Å². The van der Waals surface area contributed by atoms with Crippen LogP contribution in [0.5, 0.6) is 0 Å². The first kappa shape index (κ1) is 21.7. The molecule has 0 atom stereocenters. The van der Waals surface area contributed by atoms with Crippen molar-refractivity contribution in [2.75, 3.05) is 5.32 Å². The molecule has 0 spiro atoms. The van der Waals surface area contributed by atoms with Crippen molar-refractivity contribution >= 4 is 40.7 Å². The van der Waals surface area contributed by atoms with Crippen molar-refractivity contribution in [1.82, 2.24) is 9.78 Å². The number of aromatic nitrogens is 2. The summed E-state index contributed by atoms with van der Waals surface area (Å²) in [6.45, 7) is 0.104. The first-order valence-corrected chi connectivity index (χ1v) is 10.3. The summed E-state index contributed by atoms with van der Waals surface area (Å²) in [6, 6.07) is 19.0. The van der Waals surface area contributed by atoms with E-state index in [0.717, 1.165) is 0 Å². The summed E-state index contributed by atoms with van der Waals surface area (Å²) >= 11 is 12.0. The molecule has 0 fully saturated rings. The standard InChI is InChI=1S/C24H16Cl2FN3O2/c25-16-10-8-15(9-11-16)23(31)17-4-1-2-5-18(17)24(32)28-22-12-13-30(29-22)14-19-20(26)6-3-7-21(19)27/h1-13H,14H2,(H,28,29,32). The fourth-order valence-electron chi connectivity index (χ4n) is 3.18. The van der Waals surface area contributed by atoms with Crippen LogP contribution in [-0.2, 0) is 6.54 Å². The number of anilines is 1. The molecule has 0 aliphatic heterocycles. The lowest BCUT2D eigenvalue weighted by Gasteiger charge is -2.09. The Labute approximate surface area is 193 Å². The number of ketones is 1. The summed E-state index contributed by atoms with van der Waals surface area (Å²) in [6.07, 6.45) is 1.60. The maximum absolute atomic E-state index is 14.0. The van der Waals surface area contributed by atoms with Crippen molar-refractivity contribution in [1.29, 1.82) is 0 Å². The molecule has 8 heteroatoms. The highest BCUT2D eigenvalue weighted by atomic mass is 35.5. The van der Waals surface area contributed by atoms with Crippen molar-refractivity contribution in [3.8, 4) is 0 Å². The highest BCUT2D eigenvalue weighted by Gasteiger charge is 2.19. The van der Waals surface area contributed by atoms with E-state index in [1.54, 1.807) is 66.9 Å². The lowest BCUT2D eigenvalue weighted by molar-refractivity contribution is 0.0996. The third-order valence-corrected chi connectivity index (χ3v) is 5.39. The maximum Gasteiger partial charge on any atom is 0.257 e. The number of rotatable bonds is 6. The van der Waals surface area contributed by atoms with E-state index in [4.69, 9.17) is 23.2 Å². The van der Waals surface area contributed by atoms with Gasteiger partial charge in [0.15, 0.2) is 11.6 Å². The van der Waals surface area contributed by atoms with Gasteiger partial charge in [-0.3, -0.25) is 14.3 Å². The van der Waals surface area contributed by atoms with E-state index in [1.807, 2.05) is 0 Å². The molecule has 1 amide bonds. The summed E-state index contributed by atoms with van der Waals surface area (Å²) in [7, 11) is 0. The molecule has 0 aliphatic rings. The number of amides is 1. The number of hydrogen-bond acceptors (Lipinski definition) is 3. The zero-order chi connectivity index (χ0) is 22.7. The number of carbonyl (C=O) groups is 2. The van der Waals surface area contributed by atoms with Crippen LogP contribution < -0.4 is 5.32 Å². The van der Waals surface area contributed by atoms with Crippen LogP contribution in [0.3, 0.4) is 0 Å². The third kappa shape index (κ3) is 4.72. The zero-order valence-electron chi connectivity index (χ0n) is 16.6. The Balaban J connectivity index is 1.53. The summed E-state index contributed by atoms with van der Waals surface area (Å²) in [5, 5.41) is 7.74. The van der Waals surface area contributed by atoms with Gasteiger partial charge in [0.2, 0.25) is 0 Å². The average Bonchev–Trinajstić information content (AvgIpc) is 3.23. The Morgan fingerprint density at radius 1 is 0.906 bits per heavy atom. The second kappa shape index (κ2) is 9.34. The van der Waals surface area contributed by atoms with Crippen LogP contribution in [0, 0.1) is 5.82 Å². The number of nitrogens with one attached hydrogen (secondary N) is 1. The Morgan fingerprint density at radius 2 is 1.62 bits per heavy atom. The summed E-state index contributed by atoms with van der Waals surface area (Å²) in [5.74, 6) is -0.964. The molecule has 5 nitrogen and oxygen atoms in total. The Morgan fingerprint density at radius 3 is 2.34 bits per heavy atom. The van der Waals surface area contributed by atoms with Gasteiger partial charge in [0.1, 0.15) is 5.82 Å². The lowest BCUT2D eigenvalue weighted by Crippen LogP contribution is -2.17. The van der Waals surface area contributed by atoms with Crippen molar-refractivity contribution in [3.05, 3.63) is 117 Å². The van der Waals surface area contributed by atoms with Crippen LogP contribution in [-0.4, -0.2) is 21.5 Å². The number of hydrogen-bond donors (Lipinski definition) is 1. The molecule has 0 bridgehead atoms. The predicted molar refractivity (Wildman–Crippen MR) is 122 cm³/mol. The summed E-state index contributed by atoms with van der Waals surface area (Å²) in [5.41, 5.74) is 1.18. The van der Waals surface area contributed by atoms with Crippen LogP contribution in [0.1, 0.15) is 31.8 Å². The van der Waals surface area contributed by atoms with E-state index in [9.17, 15) is 14.0 Å². The minimum absolute atomic E-state index is 0.104. The minimum Gasteiger partial charge on any atom is -0.305 e. The lowest BCUT2D eigenvalue weighted by atomic mass is 9.98. The van der Waals surface area contributed by atoms with Gasteiger partial charge in [-0.25, -0.2) is 4.39 Å². The number of benzene rings is 3. The fraction of sp³-hybridized carbons (Fsp3) is 0.0417. The largest absolute Gasteiger partial charge is 0.305 e. The molecular weight excluding hydrogens is 452 g/mol. The van der Waals surface area contributed by atoms with Crippen molar-refractivity contribution < 1.29 is 14.0 Å². The molecule has 4 rings (SSSR count). The van der Waals surface area contributed by atoms with E-state index in [-0.39, 0.29) is 29.3 Å². The molecule has 1 N–H and O–H groups in total. The number of nitrogens with zero attached hydrogens (tertiary/aromatic N) is 2. The first-order valence-electron chi connectivity index (χ1n) is 9.59. The third-order valence-electron chi connectivity index (χ3n) is 4.79. The second-order valence-electron chi connectivity index (χ2n) is 6.93. The molecule has 3 aromatic carbocycles. The number of carbonyl (C=O) groups excluding carboxylic acids is 2. The second-order valence-corrected chi connectivity index (χ2v) is 7.78. The van der Waals surface area contributed by atoms with Gasteiger partial charge in [0.05, 0.1) is 12.1 Å². The van der Waals surface area contributed by atoms with Crippen molar-refractivity contribution in [3.63, 3.8) is 0 Å². The van der Waals surface area contributed by atoms with E-state index in [2.05, 4.69) is 10.4 Å². The van der Waals surface area contributed by atoms with Crippen LogP contribution >= 0.6 is 23.2 Å². The van der Waals surface area contributed by atoms with E-state index in [0.29, 0.717) is 21.2 Å². The van der Waals surface area contributed by atoms with Gasteiger partial charge in [-0.2, -0.15) is 5.10 Å². The van der Waals surface area contributed by atoms with E-state index < -0.39 is 11.7 Å². The summed E-state index contributed by atoms with van der Waals surface area (Å²) < 4.78 is 15.5. The molecule has 32 heavy (non-hydrogen) atoms. The van der Waals surface area contributed by atoms with Gasteiger partial charge in [0, 0.05) is 39.0 Å². The molecule has 0 unspecified atom stereocenters. The van der Waals surface area contributed by atoms with Crippen molar-refractivity contribution in [2.24, 2.45) is 0 Å². The van der Waals surface area contributed by atoms with Crippen LogP contribution in [0.4, 0.5) is 10.2 Å². The molecule has 160 valence electrons. The van der Waals surface area contributed by atoms with Gasteiger partial charge in [-0.05, 0) is 42.5 Å². The van der Waals surface area contributed by atoms with Crippen LogP contribution in [0.25, 0.3) is 0 Å². The fourth-order valence-corrected chi connectivity index (χ4v) is 3.53. The van der Waals surface area contributed by atoms with Crippen LogP contribution in [0.15, 0.2) is 79.0 Å². The Hall–Kier alpha value is -3.48. The summed E-state index contributed by atoms with van der Waals surface area (Å²) in [4.78, 5) is 25.8. The molecule has 0 radical (unpaired) electrons. The smallest absolute Gasteiger partial charge is 0.257 e. The monoisotopic (exact) mass is 467 g/mol. The first-order chi connectivity index (χ1) is 15.4. The molecular formula is C24H16Cl2FN3O2. The SMILES string of the molecule is O=C(Nc1ccn(Cc2c(F)cccc2Cl)n1)c1ccccc1C(=O)c1ccc(Cl)cc1.